The van der Waals surface area contributed by atoms with Gasteiger partial charge in [-0.1, -0.05) is 6.08 Å². The second kappa shape index (κ2) is 7.57. The van der Waals surface area contributed by atoms with E-state index in [9.17, 15) is 4.79 Å². The van der Waals surface area contributed by atoms with E-state index in [0.29, 0.717) is 19.7 Å². The number of carbonyl (C=O) groups is 1. The summed E-state index contributed by atoms with van der Waals surface area (Å²) in [4.78, 5) is 9.85. The molecular formula is C7H11ClO3. The zero-order chi connectivity index (χ0) is 8.53. The molecule has 64 valence electrons. The maximum Gasteiger partial charge on any atom is 0.293 e. The molecule has 0 bridgehead atoms. The molecule has 0 N–H and O–H groups in total. The molecule has 0 spiro atoms. The highest BCUT2D eigenvalue weighted by Crippen LogP contribution is 1.94. The van der Waals surface area contributed by atoms with Crippen LogP contribution < -0.4 is 0 Å². The Hall–Kier alpha value is -0.540. The van der Waals surface area contributed by atoms with Crippen molar-refractivity contribution in [1.29, 1.82) is 0 Å². The predicted molar refractivity (Wildman–Crippen MR) is 42.7 cm³/mol. The van der Waals surface area contributed by atoms with E-state index in [1.54, 1.807) is 6.08 Å². The summed E-state index contributed by atoms with van der Waals surface area (Å²) >= 11 is 5.44. The molecule has 0 amide bonds. The maximum absolute atomic E-state index is 9.85. The Morgan fingerprint density at radius 1 is 1.64 bits per heavy atom. The number of halogens is 1. The first-order chi connectivity index (χ1) is 5.35. The molecule has 0 unspecified atom stereocenters. The molecule has 0 heterocycles. The molecule has 0 aromatic carbocycles. The molecule has 0 aliphatic carbocycles. The predicted octanol–water partition coefficient (Wildman–Crippen LogP) is 0.969. The van der Waals surface area contributed by atoms with Crippen LogP contribution in [0.15, 0.2) is 12.7 Å². The van der Waals surface area contributed by atoms with E-state index in [2.05, 4.69) is 11.3 Å². The Morgan fingerprint density at radius 2 is 2.36 bits per heavy atom. The van der Waals surface area contributed by atoms with Crippen molar-refractivity contribution < 1.29 is 14.3 Å². The summed E-state index contributed by atoms with van der Waals surface area (Å²) in [6.45, 7) is 4.58. The zero-order valence-electron chi connectivity index (χ0n) is 6.16. The second-order valence-corrected chi connectivity index (χ2v) is 2.14. The van der Waals surface area contributed by atoms with Crippen LogP contribution in [0.3, 0.4) is 0 Å². The van der Waals surface area contributed by atoms with E-state index in [4.69, 9.17) is 16.3 Å². The summed E-state index contributed by atoms with van der Waals surface area (Å²) in [6.07, 6.45) is 1.26. The molecule has 4 heteroatoms. The van der Waals surface area contributed by atoms with Gasteiger partial charge in [-0.2, -0.15) is 0 Å². The third kappa shape index (κ3) is 5.88. The van der Waals surface area contributed by atoms with Crippen LogP contribution in [0.4, 0.5) is 0 Å². The van der Waals surface area contributed by atoms with Gasteiger partial charge in [-0.25, -0.2) is 0 Å². The van der Waals surface area contributed by atoms with Crippen LogP contribution in [0, 0.1) is 0 Å². The third-order valence-corrected chi connectivity index (χ3v) is 1.30. The van der Waals surface area contributed by atoms with Crippen LogP contribution in [0.2, 0.25) is 0 Å². The van der Waals surface area contributed by atoms with Gasteiger partial charge in [0.2, 0.25) is 0 Å². The van der Waals surface area contributed by atoms with Crippen LogP contribution in [0.1, 0.15) is 0 Å². The molecule has 0 aliphatic heterocycles. The van der Waals surface area contributed by atoms with Crippen molar-refractivity contribution in [1.82, 2.24) is 0 Å². The van der Waals surface area contributed by atoms with Crippen molar-refractivity contribution >= 4 is 18.1 Å². The number of rotatable bonds is 7. The Labute approximate surface area is 70.9 Å². The van der Waals surface area contributed by atoms with E-state index in [0.717, 1.165) is 0 Å². The van der Waals surface area contributed by atoms with E-state index in [-0.39, 0.29) is 12.0 Å². The lowest BCUT2D eigenvalue weighted by Gasteiger charge is -2.10. The molecular weight excluding hydrogens is 168 g/mol. The lowest BCUT2D eigenvalue weighted by atomic mass is 10.4. The van der Waals surface area contributed by atoms with Crippen LogP contribution >= 0.6 is 11.6 Å². The van der Waals surface area contributed by atoms with Gasteiger partial charge in [0.15, 0.2) is 0 Å². The number of ether oxygens (including phenoxy) is 2. The maximum atomic E-state index is 9.85. The van der Waals surface area contributed by atoms with E-state index in [1.807, 2.05) is 0 Å². The topological polar surface area (TPSA) is 35.5 Å². The highest BCUT2D eigenvalue weighted by Gasteiger charge is 2.05. The van der Waals surface area contributed by atoms with Gasteiger partial charge in [0, 0.05) is 0 Å². The summed E-state index contributed by atoms with van der Waals surface area (Å²) in [5.74, 6) is 0.246. The number of hydrogen-bond donors (Lipinski definition) is 0. The van der Waals surface area contributed by atoms with Crippen molar-refractivity contribution in [2.45, 2.75) is 6.10 Å². The number of alkyl halides is 1. The largest absolute Gasteiger partial charge is 0.461 e. The minimum absolute atomic E-state index is 0.246. The molecule has 3 nitrogen and oxygen atoms in total. The normalized spacial score (nSPS) is 12.1. The minimum Gasteiger partial charge on any atom is -0.461 e. The Morgan fingerprint density at radius 3 is 2.82 bits per heavy atom. The second-order valence-electron chi connectivity index (χ2n) is 1.83. The van der Waals surface area contributed by atoms with Crippen molar-refractivity contribution in [2.75, 3.05) is 19.1 Å². The molecule has 0 rings (SSSR count). The first-order valence-corrected chi connectivity index (χ1v) is 3.72. The van der Waals surface area contributed by atoms with Gasteiger partial charge in [0.25, 0.3) is 6.47 Å². The molecule has 0 aromatic rings. The molecule has 0 aromatic heterocycles. The average molecular weight is 179 g/mol. The smallest absolute Gasteiger partial charge is 0.293 e. The van der Waals surface area contributed by atoms with E-state index < -0.39 is 0 Å². The lowest BCUT2D eigenvalue weighted by Crippen LogP contribution is -2.21. The molecule has 11 heavy (non-hydrogen) atoms. The third-order valence-electron chi connectivity index (χ3n) is 0.960. The molecule has 0 saturated carbocycles. The van der Waals surface area contributed by atoms with Gasteiger partial charge in [-0.3, -0.25) is 4.79 Å². The fourth-order valence-corrected chi connectivity index (χ4v) is 0.643. The number of carbonyl (C=O) groups excluding carboxylic acids is 1. The Balaban J connectivity index is 3.34. The van der Waals surface area contributed by atoms with Gasteiger partial charge in [0.1, 0.15) is 6.10 Å². The monoisotopic (exact) mass is 178 g/mol. The summed E-state index contributed by atoms with van der Waals surface area (Å²) in [5.41, 5.74) is 0. The Bertz CT molecular complexity index is 116. The Kier molecular flexibility index (Phi) is 7.19. The number of hydrogen-bond acceptors (Lipinski definition) is 3. The van der Waals surface area contributed by atoms with Crippen LogP contribution in [0.5, 0.6) is 0 Å². The first-order valence-electron chi connectivity index (χ1n) is 3.18. The van der Waals surface area contributed by atoms with Crippen molar-refractivity contribution in [3.63, 3.8) is 0 Å². The van der Waals surface area contributed by atoms with E-state index >= 15 is 0 Å². The van der Waals surface area contributed by atoms with Gasteiger partial charge in [-0.15, -0.1) is 18.2 Å². The molecule has 0 fully saturated rings. The van der Waals surface area contributed by atoms with Gasteiger partial charge >= 0.3 is 0 Å². The van der Waals surface area contributed by atoms with E-state index in [1.165, 1.54) is 0 Å². The van der Waals surface area contributed by atoms with Crippen molar-refractivity contribution in [3.8, 4) is 0 Å². The highest BCUT2D eigenvalue weighted by molar-refractivity contribution is 6.18. The summed E-state index contributed by atoms with van der Waals surface area (Å²) in [5, 5.41) is 0. The minimum atomic E-state index is -0.353. The van der Waals surface area contributed by atoms with Crippen LogP contribution in [-0.2, 0) is 14.3 Å². The summed E-state index contributed by atoms with van der Waals surface area (Å²) in [6, 6.07) is 0. The summed E-state index contributed by atoms with van der Waals surface area (Å²) < 4.78 is 9.57. The average Bonchev–Trinajstić information content (AvgIpc) is 2.03. The molecule has 0 aliphatic rings. The zero-order valence-corrected chi connectivity index (χ0v) is 6.92. The quantitative estimate of drug-likeness (QED) is 0.252. The van der Waals surface area contributed by atoms with Crippen LogP contribution in [0.25, 0.3) is 0 Å². The molecule has 1 atom stereocenters. The van der Waals surface area contributed by atoms with Gasteiger partial charge < -0.3 is 9.47 Å². The van der Waals surface area contributed by atoms with Gasteiger partial charge in [-0.05, 0) is 0 Å². The standard InChI is InChI=1S/C7H11ClO3/c1-2-3-10-5-7(4-8)11-6-9/h2,6-7H,1,3-5H2/t7-/m1/s1. The SMILES string of the molecule is C=CCOC[C@@H](CCl)OC=O. The fraction of sp³-hybridized carbons (Fsp3) is 0.571. The van der Waals surface area contributed by atoms with Gasteiger partial charge in [0.05, 0.1) is 19.1 Å². The molecule has 0 saturated heterocycles. The molecule has 0 radical (unpaired) electrons. The van der Waals surface area contributed by atoms with Crippen LogP contribution in [-0.4, -0.2) is 31.7 Å². The highest BCUT2D eigenvalue weighted by atomic mass is 35.5. The lowest BCUT2D eigenvalue weighted by molar-refractivity contribution is -0.135. The fourth-order valence-electron chi connectivity index (χ4n) is 0.482. The first kappa shape index (κ1) is 10.5. The van der Waals surface area contributed by atoms with Crippen molar-refractivity contribution in [2.24, 2.45) is 0 Å². The van der Waals surface area contributed by atoms with Crippen molar-refractivity contribution in [3.05, 3.63) is 12.7 Å². The summed E-state index contributed by atoms with van der Waals surface area (Å²) in [7, 11) is 0.